The molecular formula is C12H20N4O3. The summed E-state index contributed by atoms with van der Waals surface area (Å²) in [4.78, 5) is 22.5. The molecule has 19 heavy (non-hydrogen) atoms. The minimum absolute atomic E-state index is 0.200. The standard InChI is InChI=1S/C12H20N4O3/c1-9(2)8-10(11(17)18)15-12(19)13-5-7-16-6-3-4-14-16/h3-4,6,9-10H,5,7-8H2,1-2H3,(H,17,18)(H2,13,15,19)/t10-/m0/s1. The molecule has 0 aliphatic heterocycles. The predicted molar refractivity (Wildman–Crippen MR) is 69.6 cm³/mol. The molecule has 2 amide bonds. The van der Waals surface area contributed by atoms with Gasteiger partial charge >= 0.3 is 12.0 Å². The van der Waals surface area contributed by atoms with Gasteiger partial charge in [0.2, 0.25) is 0 Å². The molecule has 0 bridgehead atoms. The quantitative estimate of drug-likeness (QED) is 0.677. The van der Waals surface area contributed by atoms with E-state index in [0.29, 0.717) is 19.5 Å². The fourth-order valence-corrected chi connectivity index (χ4v) is 1.62. The Morgan fingerprint density at radius 1 is 1.42 bits per heavy atom. The van der Waals surface area contributed by atoms with E-state index in [1.165, 1.54) is 0 Å². The van der Waals surface area contributed by atoms with Gasteiger partial charge in [0.15, 0.2) is 0 Å². The SMILES string of the molecule is CC(C)C[C@H](NC(=O)NCCn1cccn1)C(=O)O. The lowest BCUT2D eigenvalue weighted by atomic mass is 10.0. The van der Waals surface area contributed by atoms with E-state index < -0.39 is 18.0 Å². The number of aromatic nitrogens is 2. The van der Waals surface area contributed by atoms with Gasteiger partial charge in [0.25, 0.3) is 0 Å². The van der Waals surface area contributed by atoms with Gasteiger partial charge in [-0.25, -0.2) is 9.59 Å². The van der Waals surface area contributed by atoms with Crippen LogP contribution in [0.15, 0.2) is 18.5 Å². The summed E-state index contributed by atoms with van der Waals surface area (Å²) in [6.45, 7) is 4.75. The molecule has 0 aromatic carbocycles. The Morgan fingerprint density at radius 3 is 2.68 bits per heavy atom. The number of aliphatic carboxylic acids is 1. The molecule has 1 aromatic heterocycles. The number of urea groups is 1. The molecule has 0 saturated carbocycles. The summed E-state index contributed by atoms with van der Waals surface area (Å²) >= 11 is 0. The van der Waals surface area contributed by atoms with Crippen molar-refractivity contribution in [2.24, 2.45) is 5.92 Å². The maximum absolute atomic E-state index is 11.6. The summed E-state index contributed by atoms with van der Waals surface area (Å²) in [5, 5.41) is 18.0. The molecule has 3 N–H and O–H groups in total. The van der Waals surface area contributed by atoms with Crippen molar-refractivity contribution in [3.63, 3.8) is 0 Å². The zero-order chi connectivity index (χ0) is 14.3. The molecule has 1 heterocycles. The number of nitrogens with one attached hydrogen (secondary N) is 2. The molecule has 1 aromatic rings. The first-order valence-electron chi connectivity index (χ1n) is 6.23. The molecule has 0 fully saturated rings. The molecule has 0 spiro atoms. The molecule has 0 unspecified atom stereocenters. The van der Waals surface area contributed by atoms with E-state index in [9.17, 15) is 9.59 Å². The van der Waals surface area contributed by atoms with Crippen LogP contribution >= 0.6 is 0 Å². The van der Waals surface area contributed by atoms with Gasteiger partial charge in [-0.15, -0.1) is 0 Å². The van der Waals surface area contributed by atoms with Crippen molar-refractivity contribution in [3.8, 4) is 0 Å². The first-order chi connectivity index (χ1) is 8.99. The van der Waals surface area contributed by atoms with Crippen molar-refractivity contribution in [1.29, 1.82) is 0 Å². The zero-order valence-electron chi connectivity index (χ0n) is 11.2. The van der Waals surface area contributed by atoms with Crippen molar-refractivity contribution in [2.75, 3.05) is 6.54 Å². The number of carboxylic acids is 1. The van der Waals surface area contributed by atoms with Crippen LogP contribution < -0.4 is 10.6 Å². The molecule has 106 valence electrons. The van der Waals surface area contributed by atoms with Crippen molar-refractivity contribution >= 4 is 12.0 Å². The van der Waals surface area contributed by atoms with E-state index in [0.717, 1.165) is 0 Å². The minimum Gasteiger partial charge on any atom is -0.480 e. The van der Waals surface area contributed by atoms with E-state index in [1.807, 2.05) is 13.8 Å². The van der Waals surface area contributed by atoms with Crippen molar-refractivity contribution in [3.05, 3.63) is 18.5 Å². The van der Waals surface area contributed by atoms with Crippen LogP contribution in [0, 0.1) is 5.92 Å². The third-order valence-electron chi connectivity index (χ3n) is 2.50. The van der Waals surface area contributed by atoms with Crippen LogP contribution in [0.5, 0.6) is 0 Å². The fourth-order valence-electron chi connectivity index (χ4n) is 1.62. The number of nitrogens with zero attached hydrogens (tertiary/aromatic N) is 2. The Balaban J connectivity index is 2.30. The average Bonchev–Trinajstić information content (AvgIpc) is 2.80. The second-order valence-corrected chi connectivity index (χ2v) is 4.69. The monoisotopic (exact) mass is 268 g/mol. The summed E-state index contributed by atoms with van der Waals surface area (Å²) in [5.74, 6) is -0.818. The number of rotatable bonds is 7. The molecule has 0 radical (unpaired) electrons. The zero-order valence-corrected chi connectivity index (χ0v) is 11.2. The number of amides is 2. The second kappa shape index (κ2) is 7.40. The number of carbonyl (C=O) groups is 2. The van der Waals surface area contributed by atoms with Crippen LogP contribution in [0.2, 0.25) is 0 Å². The van der Waals surface area contributed by atoms with Gasteiger partial charge in [0.1, 0.15) is 6.04 Å². The van der Waals surface area contributed by atoms with E-state index in [-0.39, 0.29) is 5.92 Å². The van der Waals surface area contributed by atoms with E-state index in [1.54, 1.807) is 23.1 Å². The van der Waals surface area contributed by atoms with Gasteiger partial charge < -0.3 is 15.7 Å². The highest BCUT2D eigenvalue weighted by molar-refractivity contribution is 5.82. The number of carbonyl (C=O) groups excluding carboxylic acids is 1. The Morgan fingerprint density at radius 2 is 2.16 bits per heavy atom. The third-order valence-corrected chi connectivity index (χ3v) is 2.50. The predicted octanol–water partition coefficient (Wildman–Crippen LogP) is 0.682. The maximum Gasteiger partial charge on any atom is 0.326 e. The summed E-state index contributed by atoms with van der Waals surface area (Å²) in [5.41, 5.74) is 0. The lowest BCUT2D eigenvalue weighted by Crippen LogP contribution is -2.47. The molecular weight excluding hydrogens is 248 g/mol. The molecule has 7 heteroatoms. The van der Waals surface area contributed by atoms with E-state index in [4.69, 9.17) is 5.11 Å². The molecule has 0 saturated heterocycles. The van der Waals surface area contributed by atoms with Gasteiger partial charge in [-0.3, -0.25) is 4.68 Å². The minimum atomic E-state index is -1.02. The van der Waals surface area contributed by atoms with Crippen molar-refractivity contribution < 1.29 is 14.7 Å². The lowest BCUT2D eigenvalue weighted by molar-refractivity contribution is -0.139. The normalized spacial score (nSPS) is 12.2. The molecule has 1 atom stereocenters. The fraction of sp³-hybridized carbons (Fsp3) is 0.583. The summed E-state index contributed by atoms with van der Waals surface area (Å²) in [6.07, 6.45) is 3.85. The van der Waals surface area contributed by atoms with Crippen LogP contribution in [0.4, 0.5) is 4.79 Å². The van der Waals surface area contributed by atoms with E-state index in [2.05, 4.69) is 15.7 Å². The third kappa shape index (κ3) is 5.89. The largest absolute Gasteiger partial charge is 0.480 e. The smallest absolute Gasteiger partial charge is 0.326 e. The Hall–Kier alpha value is -2.05. The van der Waals surface area contributed by atoms with Crippen LogP contribution in [-0.4, -0.2) is 39.5 Å². The van der Waals surface area contributed by atoms with Crippen LogP contribution in [0.25, 0.3) is 0 Å². The van der Waals surface area contributed by atoms with Crippen molar-refractivity contribution in [1.82, 2.24) is 20.4 Å². The lowest BCUT2D eigenvalue weighted by Gasteiger charge is -2.16. The summed E-state index contributed by atoms with van der Waals surface area (Å²) in [7, 11) is 0. The second-order valence-electron chi connectivity index (χ2n) is 4.69. The molecule has 1 rings (SSSR count). The van der Waals surface area contributed by atoms with Crippen molar-refractivity contribution in [2.45, 2.75) is 32.9 Å². The van der Waals surface area contributed by atoms with Crippen LogP contribution in [0.3, 0.4) is 0 Å². The molecule has 0 aliphatic carbocycles. The number of hydrogen-bond acceptors (Lipinski definition) is 3. The summed E-state index contributed by atoms with van der Waals surface area (Å²) in [6, 6.07) is 0.466. The first-order valence-corrected chi connectivity index (χ1v) is 6.23. The van der Waals surface area contributed by atoms with Gasteiger partial charge in [-0.2, -0.15) is 5.10 Å². The molecule has 0 aliphatic rings. The summed E-state index contributed by atoms with van der Waals surface area (Å²) < 4.78 is 1.68. The van der Waals surface area contributed by atoms with Gasteiger partial charge in [0, 0.05) is 18.9 Å². The highest BCUT2D eigenvalue weighted by Gasteiger charge is 2.20. The van der Waals surface area contributed by atoms with Gasteiger partial charge in [-0.1, -0.05) is 13.8 Å². The van der Waals surface area contributed by atoms with Gasteiger partial charge in [-0.05, 0) is 18.4 Å². The van der Waals surface area contributed by atoms with Crippen LogP contribution in [0.1, 0.15) is 20.3 Å². The highest BCUT2D eigenvalue weighted by atomic mass is 16.4. The Labute approximate surface area is 112 Å². The maximum atomic E-state index is 11.6. The van der Waals surface area contributed by atoms with Gasteiger partial charge in [0.05, 0.1) is 6.54 Å². The van der Waals surface area contributed by atoms with Crippen LogP contribution in [-0.2, 0) is 11.3 Å². The first kappa shape index (κ1) is 15.0. The average molecular weight is 268 g/mol. The Kier molecular flexibility index (Phi) is 5.84. The number of carboxylic acid groups (broad SMARTS) is 1. The highest BCUT2D eigenvalue weighted by Crippen LogP contribution is 2.04. The van der Waals surface area contributed by atoms with E-state index >= 15 is 0 Å². The topological polar surface area (TPSA) is 96.3 Å². The molecule has 7 nitrogen and oxygen atoms in total. The number of hydrogen-bond donors (Lipinski definition) is 3. The Bertz CT molecular complexity index is 403.